The second-order valence-corrected chi connectivity index (χ2v) is 5.84. The van der Waals surface area contributed by atoms with Crippen molar-refractivity contribution in [3.05, 3.63) is 23.8 Å². The Balaban J connectivity index is 2.15. The van der Waals surface area contributed by atoms with E-state index < -0.39 is 12.1 Å². The van der Waals surface area contributed by atoms with Crippen molar-refractivity contribution in [1.29, 1.82) is 0 Å². The maximum absolute atomic E-state index is 12.5. The zero-order chi connectivity index (χ0) is 17.7. The Kier molecular flexibility index (Phi) is 6.16. The van der Waals surface area contributed by atoms with Crippen molar-refractivity contribution in [3.63, 3.8) is 0 Å². The van der Waals surface area contributed by atoms with E-state index >= 15 is 0 Å². The highest BCUT2D eigenvalue weighted by Crippen LogP contribution is 2.23. The summed E-state index contributed by atoms with van der Waals surface area (Å²) in [4.78, 5) is 26.6. The number of amides is 1. The first-order valence-electron chi connectivity index (χ1n) is 7.89. The molecular formula is C17H24N2O5. The third-order valence-corrected chi connectivity index (χ3v) is 4.01. The average molecular weight is 336 g/mol. The molecule has 1 atom stereocenters. The van der Waals surface area contributed by atoms with Gasteiger partial charge in [-0.15, -0.1) is 0 Å². The Morgan fingerprint density at radius 1 is 1.33 bits per heavy atom. The van der Waals surface area contributed by atoms with Crippen molar-refractivity contribution in [2.24, 2.45) is 0 Å². The van der Waals surface area contributed by atoms with Crippen molar-refractivity contribution in [1.82, 2.24) is 4.90 Å². The fourth-order valence-electron chi connectivity index (χ4n) is 2.55. The number of hydrogen-bond donors (Lipinski definition) is 1. The number of rotatable bonds is 5. The van der Waals surface area contributed by atoms with Crippen LogP contribution in [0.2, 0.25) is 0 Å². The Bertz CT molecular complexity index is 603. The lowest BCUT2D eigenvalue weighted by Gasteiger charge is -2.34. The van der Waals surface area contributed by atoms with Gasteiger partial charge in [0.1, 0.15) is 11.9 Å². The van der Waals surface area contributed by atoms with E-state index in [1.165, 1.54) is 20.3 Å². The molecule has 2 rings (SSSR count). The molecule has 0 bridgehead atoms. The van der Waals surface area contributed by atoms with Gasteiger partial charge in [-0.2, -0.15) is 0 Å². The summed E-state index contributed by atoms with van der Waals surface area (Å²) in [6.07, 6.45) is -0.575. The van der Waals surface area contributed by atoms with Gasteiger partial charge in [-0.05, 0) is 32.0 Å². The first-order chi connectivity index (χ1) is 11.5. The topological polar surface area (TPSA) is 77.1 Å². The summed E-state index contributed by atoms with van der Waals surface area (Å²) in [5.41, 5.74) is 0.611. The summed E-state index contributed by atoms with van der Waals surface area (Å²) in [6.45, 7) is 5.99. The lowest BCUT2D eigenvalue weighted by molar-refractivity contribution is -0.133. The molecule has 132 valence electrons. The van der Waals surface area contributed by atoms with Crippen LogP contribution in [0.3, 0.4) is 0 Å². The van der Waals surface area contributed by atoms with E-state index in [1.54, 1.807) is 12.1 Å². The summed E-state index contributed by atoms with van der Waals surface area (Å²) in [5.74, 6) is -0.318. The second-order valence-electron chi connectivity index (χ2n) is 5.84. The van der Waals surface area contributed by atoms with Crippen LogP contribution in [0.15, 0.2) is 18.2 Å². The molecule has 1 fully saturated rings. The van der Waals surface area contributed by atoms with Gasteiger partial charge in [0.05, 0.1) is 32.1 Å². The van der Waals surface area contributed by atoms with Crippen molar-refractivity contribution >= 4 is 17.6 Å². The fourth-order valence-corrected chi connectivity index (χ4v) is 2.55. The number of nitrogens with one attached hydrogen (secondary N) is 1. The standard InChI is InChI=1S/C17H24N2O5/c1-11(2)19-7-8-24-15(10-19)16(20)18-14-6-5-12(22-3)9-13(14)17(21)23-4/h5-6,9,11,15H,7-8,10H2,1-4H3,(H,18,20). The van der Waals surface area contributed by atoms with Gasteiger partial charge in [-0.25, -0.2) is 4.79 Å². The Morgan fingerprint density at radius 2 is 2.08 bits per heavy atom. The van der Waals surface area contributed by atoms with E-state index in [2.05, 4.69) is 24.1 Å². The minimum absolute atomic E-state index is 0.238. The van der Waals surface area contributed by atoms with Crippen LogP contribution in [0.5, 0.6) is 5.75 Å². The number of carbonyl (C=O) groups excluding carboxylic acids is 2. The molecule has 1 aromatic rings. The van der Waals surface area contributed by atoms with Crippen LogP contribution < -0.4 is 10.1 Å². The van der Waals surface area contributed by atoms with Gasteiger partial charge in [-0.3, -0.25) is 9.69 Å². The van der Waals surface area contributed by atoms with Crippen LogP contribution in [-0.4, -0.2) is 62.8 Å². The first kappa shape index (κ1) is 18.2. The van der Waals surface area contributed by atoms with Gasteiger partial charge >= 0.3 is 5.97 Å². The average Bonchev–Trinajstić information content (AvgIpc) is 2.61. The number of ether oxygens (including phenoxy) is 3. The zero-order valence-electron chi connectivity index (χ0n) is 14.5. The van der Waals surface area contributed by atoms with Gasteiger partial charge in [0, 0.05) is 19.1 Å². The number of nitrogens with zero attached hydrogens (tertiary/aromatic N) is 1. The normalized spacial score (nSPS) is 18.3. The molecular weight excluding hydrogens is 312 g/mol. The lowest BCUT2D eigenvalue weighted by atomic mass is 10.1. The number of morpholine rings is 1. The minimum atomic E-state index is -0.575. The largest absolute Gasteiger partial charge is 0.497 e. The molecule has 1 aliphatic rings. The second kappa shape index (κ2) is 8.12. The van der Waals surface area contributed by atoms with E-state index in [9.17, 15) is 9.59 Å². The molecule has 1 aromatic carbocycles. The van der Waals surface area contributed by atoms with Crippen LogP contribution in [0.4, 0.5) is 5.69 Å². The van der Waals surface area contributed by atoms with Gasteiger partial charge in [0.15, 0.2) is 0 Å². The number of carbonyl (C=O) groups is 2. The van der Waals surface area contributed by atoms with E-state index in [0.717, 1.165) is 6.54 Å². The number of esters is 1. The zero-order valence-corrected chi connectivity index (χ0v) is 14.5. The van der Waals surface area contributed by atoms with Crippen LogP contribution >= 0.6 is 0 Å². The molecule has 0 saturated carbocycles. The Labute approximate surface area is 141 Å². The molecule has 7 nitrogen and oxygen atoms in total. The van der Waals surface area contributed by atoms with E-state index in [-0.39, 0.29) is 11.5 Å². The number of hydrogen-bond acceptors (Lipinski definition) is 6. The summed E-state index contributed by atoms with van der Waals surface area (Å²) in [6, 6.07) is 5.16. The van der Waals surface area contributed by atoms with E-state index in [0.29, 0.717) is 30.6 Å². The molecule has 1 unspecified atom stereocenters. The van der Waals surface area contributed by atoms with Crippen molar-refractivity contribution < 1.29 is 23.8 Å². The van der Waals surface area contributed by atoms with Crippen molar-refractivity contribution in [2.45, 2.75) is 26.0 Å². The molecule has 1 heterocycles. The van der Waals surface area contributed by atoms with Crippen LogP contribution in [-0.2, 0) is 14.3 Å². The SMILES string of the molecule is COC(=O)c1cc(OC)ccc1NC(=O)C1CN(C(C)C)CCO1. The predicted molar refractivity (Wildman–Crippen MR) is 89.4 cm³/mol. The fraction of sp³-hybridized carbons (Fsp3) is 0.529. The van der Waals surface area contributed by atoms with Crippen LogP contribution in [0.25, 0.3) is 0 Å². The number of anilines is 1. The molecule has 0 aromatic heterocycles. The number of methoxy groups -OCH3 is 2. The van der Waals surface area contributed by atoms with Gasteiger partial charge in [0.25, 0.3) is 5.91 Å². The monoisotopic (exact) mass is 336 g/mol. The van der Waals surface area contributed by atoms with E-state index in [1.807, 2.05) is 0 Å². The maximum Gasteiger partial charge on any atom is 0.340 e. The maximum atomic E-state index is 12.5. The molecule has 24 heavy (non-hydrogen) atoms. The van der Waals surface area contributed by atoms with E-state index in [4.69, 9.17) is 14.2 Å². The van der Waals surface area contributed by atoms with Gasteiger partial charge in [0.2, 0.25) is 0 Å². The quantitative estimate of drug-likeness (QED) is 0.822. The first-order valence-corrected chi connectivity index (χ1v) is 7.89. The molecule has 1 N–H and O–H groups in total. The predicted octanol–water partition coefficient (Wildman–Crippen LogP) is 1.53. The summed E-state index contributed by atoms with van der Waals surface area (Å²) in [7, 11) is 2.79. The highest BCUT2D eigenvalue weighted by atomic mass is 16.5. The summed E-state index contributed by atoms with van der Waals surface area (Å²) >= 11 is 0. The molecule has 0 radical (unpaired) electrons. The number of benzene rings is 1. The Hall–Kier alpha value is -2.12. The van der Waals surface area contributed by atoms with Gasteiger partial charge in [-0.1, -0.05) is 0 Å². The molecule has 0 spiro atoms. The lowest BCUT2D eigenvalue weighted by Crippen LogP contribution is -2.50. The molecule has 1 aliphatic heterocycles. The van der Waals surface area contributed by atoms with Crippen molar-refractivity contribution in [3.8, 4) is 5.75 Å². The molecule has 0 aliphatic carbocycles. The smallest absolute Gasteiger partial charge is 0.340 e. The minimum Gasteiger partial charge on any atom is -0.497 e. The highest BCUT2D eigenvalue weighted by molar-refractivity contribution is 6.02. The van der Waals surface area contributed by atoms with Gasteiger partial charge < -0.3 is 19.5 Å². The molecule has 7 heteroatoms. The van der Waals surface area contributed by atoms with Crippen LogP contribution in [0, 0.1) is 0 Å². The summed E-state index contributed by atoms with van der Waals surface area (Å²) in [5, 5.41) is 2.76. The highest BCUT2D eigenvalue weighted by Gasteiger charge is 2.28. The molecule has 1 saturated heterocycles. The van der Waals surface area contributed by atoms with Crippen LogP contribution in [0.1, 0.15) is 24.2 Å². The Morgan fingerprint density at radius 3 is 2.71 bits per heavy atom. The molecule has 1 amide bonds. The summed E-state index contributed by atoms with van der Waals surface area (Å²) < 4.78 is 15.5. The third kappa shape index (κ3) is 4.24. The third-order valence-electron chi connectivity index (χ3n) is 4.01. The van der Waals surface area contributed by atoms with Crippen molar-refractivity contribution in [2.75, 3.05) is 39.2 Å².